The van der Waals surface area contributed by atoms with Crippen molar-refractivity contribution < 1.29 is 20.1 Å². The molecule has 4 rings (SSSR count). The van der Waals surface area contributed by atoms with Crippen molar-refractivity contribution in [3.63, 3.8) is 0 Å². The molecule has 0 spiro atoms. The highest BCUT2D eigenvalue weighted by Crippen LogP contribution is 2.40. The van der Waals surface area contributed by atoms with Crippen molar-refractivity contribution >= 4 is 17.1 Å². The molecule has 0 aliphatic heterocycles. The number of rotatable bonds is 5. The summed E-state index contributed by atoms with van der Waals surface area (Å²) < 4.78 is 6.13. The molecule has 0 saturated heterocycles. The summed E-state index contributed by atoms with van der Waals surface area (Å²) in [5, 5.41) is 30.3. The zero-order valence-electron chi connectivity index (χ0n) is 19.1. The maximum absolute atomic E-state index is 10.3. The number of phenolic OH excluding ortho intramolecular Hbond substituents is 3. The van der Waals surface area contributed by atoms with Crippen LogP contribution in [-0.4, -0.2) is 15.3 Å². The Morgan fingerprint density at radius 2 is 1.18 bits per heavy atom. The predicted molar refractivity (Wildman–Crippen MR) is 132 cm³/mol. The van der Waals surface area contributed by atoms with Gasteiger partial charge in [-0.25, -0.2) is 0 Å². The molecule has 0 radical (unpaired) electrons. The van der Waals surface area contributed by atoms with E-state index in [0.29, 0.717) is 17.1 Å². The summed E-state index contributed by atoms with van der Waals surface area (Å²) in [7, 11) is 0. The van der Waals surface area contributed by atoms with E-state index in [2.05, 4.69) is 0 Å². The third kappa shape index (κ3) is 4.44. The average Bonchev–Trinajstić information content (AvgIpc) is 2.79. The highest BCUT2D eigenvalue weighted by atomic mass is 16.5. The highest BCUT2D eigenvalue weighted by Gasteiger charge is 2.16. The maximum atomic E-state index is 10.3. The first kappa shape index (κ1) is 22.1. The Hall–Kier alpha value is -4.12. The van der Waals surface area contributed by atoms with E-state index in [-0.39, 0.29) is 17.2 Å². The molecule has 5 nitrogen and oxygen atoms in total. The van der Waals surface area contributed by atoms with E-state index in [0.717, 1.165) is 33.8 Å². The molecule has 0 unspecified atom stereocenters. The van der Waals surface area contributed by atoms with Gasteiger partial charge in [-0.2, -0.15) is 0 Å². The van der Waals surface area contributed by atoms with E-state index in [4.69, 9.17) is 4.74 Å². The molecular weight excluding hydrogens is 414 g/mol. The summed E-state index contributed by atoms with van der Waals surface area (Å²) in [6, 6.07) is 22.2. The lowest BCUT2D eigenvalue weighted by molar-refractivity contribution is 0.445. The fraction of sp³-hybridized carbons (Fsp3) is 0.143. The van der Waals surface area contributed by atoms with Crippen LogP contribution in [0.2, 0.25) is 0 Å². The second-order valence-corrected chi connectivity index (χ2v) is 8.23. The summed E-state index contributed by atoms with van der Waals surface area (Å²) in [5.41, 5.74) is 5.55. The minimum atomic E-state index is 0.226. The molecule has 33 heavy (non-hydrogen) atoms. The van der Waals surface area contributed by atoms with E-state index in [1.165, 1.54) is 0 Å². The van der Waals surface area contributed by atoms with Crippen LogP contribution >= 0.6 is 0 Å². The van der Waals surface area contributed by atoms with Gasteiger partial charge < -0.3 is 25.0 Å². The number of ether oxygens (including phenoxy) is 1. The van der Waals surface area contributed by atoms with Gasteiger partial charge >= 0.3 is 0 Å². The van der Waals surface area contributed by atoms with Crippen LogP contribution in [0, 0.1) is 27.7 Å². The van der Waals surface area contributed by atoms with Crippen LogP contribution in [-0.2, 0) is 0 Å². The monoisotopic (exact) mass is 441 g/mol. The number of aryl methyl sites for hydroxylation is 3. The molecule has 0 aliphatic rings. The molecule has 4 aromatic rings. The Labute approximate surface area is 193 Å². The molecule has 5 heteroatoms. The Morgan fingerprint density at radius 3 is 1.76 bits per heavy atom. The van der Waals surface area contributed by atoms with Gasteiger partial charge in [0, 0.05) is 28.7 Å². The van der Waals surface area contributed by atoms with Crippen LogP contribution in [0.25, 0.3) is 0 Å². The second-order valence-electron chi connectivity index (χ2n) is 8.23. The van der Waals surface area contributed by atoms with Gasteiger partial charge in [-0.3, -0.25) is 0 Å². The summed E-state index contributed by atoms with van der Waals surface area (Å²) >= 11 is 0. The van der Waals surface area contributed by atoms with Gasteiger partial charge in [0.1, 0.15) is 28.7 Å². The highest BCUT2D eigenvalue weighted by molar-refractivity contribution is 5.78. The fourth-order valence-electron chi connectivity index (χ4n) is 3.75. The van der Waals surface area contributed by atoms with Crippen molar-refractivity contribution in [3.05, 3.63) is 95.1 Å². The van der Waals surface area contributed by atoms with Crippen molar-refractivity contribution in [1.29, 1.82) is 0 Å². The molecule has 0 aromatic heterocycles. The van der Waals surface area contributed by atoms with Crippen molar-refractivity contribution in [2.24, 2.45) is 0 Å². The minimum absolute atomic E-state index is 0.226. The number of anilines is 3. The fourth-order valence-corrected chi connectivity index (χ4v) is 3.75. The number of hydrogen-bond donors (Lipinski definition) is 3. The van der Waals surface area contributed by atoms with Gasteiger partial charge in [0.05, 0.1) is 0 Å². The van der Waals surface area contributed by atoms with Crippen molar-refractivity contribution in [2.45, 2.75) is 27.7 Å². The summed E-state index contributed by atoms with van der Waals surface area (Å²) in [4.78, 5) is 2.03. The molecule has 0 fully saturated rings. The average molecular weight is 442 g/mol. The van der Waals surface area contributed by atoms with Crippen LogP contribution < -0.4 is 9.64 Å². The molecule has 0 heterocycles. The Morgan fingerprint density at radius 1 is 0.606 bits per heavy atom. The molecule has 0 saturated carbocycles. The maximum Gasteiger partial charge on any atom is 0.134 e. The van der Waals surface area contributed by atoms with Gasteiger partial charge in [0.25, 0.3) is 0 Å². The Kier molecular flexibility index (Phi) is 5.88. The quantitative estimate of drug-likeness (QED) is 0.303. The lowest BCUT2D eigenvalue weighted by Crippen LogP contribution is -2.10. The van der Waals surface area contributed by atoms with Gasteiger partial charge in [-0.05, 0) is 99.0 Å². The zero-order chi connectivity index (χ0) is 23.7. The summed E-state index contributed by atoms with van der Waals surface area (Å²) in [5.74, 6) is 1.89. The van der Waals surface area contributed by atoms with Gasteiger partial charge in [-0.15, -0.1) is 0 Å². The zero-order valence-corrected chi connectivity index (χ0v) is 19.1. The van der Waals surface area contributed by atoms with Crippen LogP contribution in [0.1, 0.15) is 22.3 Å². The number of benzene rings is 4. The topological polar surface area (TPSA) is 73.2 Å². The molecule has 168 valence electrons. The van der Waals surface area contributed by atoms with Gasteiger partial charge in [0.15, 0.2) is 0 Å². The number of nitrogens with zero attached hydrogens (tertiary/aromatic N) is 1. The smallest absolute Gasteiger partial charge is 0.134 e. The van der Waals surface area contributed by atoms with E-state index in [1.54, 1.807) is 12.1 Å². The first-order chi connectivity index (χ1) is 15.7. The minimum Gasteiger partial charge on any atom is -0.508 e. The van der Waals surface area contributed by atoms with E-state index in [9.17, 15) is 15.3 Å². The Bertz CT molecular complexity index is 1280. The van der Waals surface area contributed by atoms with Crippen molar-refractivity contribution in [2.75, 3.05) is 4.90 Å². The summed E-state index contributed by atoms with van der Waals surface area (Å²) in [6.07, 6.45) is 0. The molecule has 0 atom stereocenters. The normalized spacial score (nSPS) is 10.8. The first-order valence-electron chi connectivity index (χ1n) is 10.7. The molecule has 0 aliphatic carbocycles. The second kappa shape index (κ2) is 8.79. The Balaban J connectivity index is 1.80. The molecule has 0 amide bonds. The largest absolute Gasteiger partial charge is 0.508 e. The predicted octanol–water partition coefficient (Wildman–Crippen LogP) is 7.30. The lowest BCUT2D eigenvalue weighted by atomic mass is 10.1. The van der Waals surface area contributed by atoms with E-state index < -0.39 is 0 Å². The van der Waals surface area contributed by atoms with E-state index >= 15 is 0 Å². The van der Waals surface area contributed by atoms with Crippen molar-refractivity contribution in [1.82, 2.24) is 0 Å². The van der Waals surface area contributed by atoms with Gasteiger partial charge in [-0.1, -0.05) is 12.1 Å². The van der Waals surface area contributed by atoms with Crippen LogP contribution in [0.3, 0.4) is 0 Å². The van der Waals surface area contributed by atoms with Gasteiger partial charge in [0.2, 0.25) is 0 Å². The molecule has 4 aromatic carbocycles. The SMILES string of the molecule is Cc1cc(N(c2cccc(Oc3ccc(C)c(O)c3C)c2)c2ccc(O)c(C)c2)ccc1O. The summed E-state index contributed by atoms with van der Waals surface area (Å²) in [6.45, 7) is 7.38. The molecule has 3 N–H and O–H groups in total. The van der Waals surface area contributed by atoms with E-state index in [1.807, 2.05) is 93.3 Å². The van der Waals surface area contributed by atoms with Crippen LogP contribution in [0.4, 0.5) is 17.1 Å². The molecule has 0 bridgehead atoms. The third-order valence-electron chi connectivity index (χ3n) is 5.76. The van der Waals surface area contributed by atoms with Crippen LogP contribution in [0.5, 0.6) is 28.7 Å². The standard InChI is InChI=1S/C28H27NO4/c1-17-8-13-27(20(4)28(17)32)33-24-7-5-6-21(16-24)29(22-9-11-25(30)18(2)14-22)23-10-12-26(31)19(3)15-23/h5-16,30-32H,1-4H3. The van der Waals surface area contributed by atoms with Crippen LogP contribution in [0.15, 0.2) is 72.8 Å². The third-order valence-corrected chi connectivity index (χ3v) is 5.76. The molecular formula is C28H27NO4. The number of hydrogen-bond acceptors (Lipinski definition) is 5. The number of phenols is 3. The lowest BCUT2D eigenvalue weighted by Gasteiger charge is -2.27. The first-order valence-corrected chi connectivity index (χ1v) is 10.7. The van der Waals surface area contributed by atoms with Crippen molar-refractivity contribution in [3.8, 4) is 28.7 Å². The number of aromatic hydroxyl groups is 3.